The fraction of sp³-hybridized carbons (Fsp3) is 0.500. The van der Waals surface area contributed by atoms with Crippen LogP contribution in [-0.4, -0.2) is 29.1 Å². The highest BCUT2D eigenvalue weighted by molar-refractivity contribution is 5.87. The Morgan fingerprint density at radius 2 is 2.33 bits per heavy atom. The highest BCUT2D eigenvalue weighted by Gasteiger charge is 2.21. The first kappa shape index (κ1) is 13.0. The van der Waals surface area contributed by atoms with E-state index in [9.17, 15) is 9.18 Å². The van der Waals surface area contributed by atoms with Crippen molar-refractivity contribution in [2.75, 3.05) is 13.1 Å². The van der Waals surface area contributed by atoms with E-state index in [0.29, 0.717) is 6.54 Å². The van der Waals surface area contributed by atoms with Crippen molar-refractivity contribution in [1.82, 2.24) is 4.90 Å². The summed E-state index contributed by atoms with van der Waals surface area (Å²) in [5, 5.41) is 8.76. The molecule has 1 fully saturated rings. The quantitative estimate of drug-likeness (QED) is 0.894. The van der Waals surface area contributed by atoms with Gasteiger partial charge in [0.2, 0.25) is 0 Å². The van der Waals surface area contributed by atoms with Gasteiger partial charge in [-0.1, -0.05) is 19.4 Å². The number of halogens is 1. The van der Waals surface area contributed by atoms with Crippen LogP contribution in [-0.2, 0) is 6.54 Å². The Bertz CT molecular complexity index is 447. The highest BCUT2D eigenvalue weighted by atomic mass is 19.1. The molecule has 4 heteroatoms. The summed E-state index contributed by atoms with van der Waals surface area (Å²) in [5.74, 6) is -1.12. The molecule has 1 aromatic carbocycles. The maximum Gasteiger partial charge on any atom is 0.338 e. The van der Waals surface area contributed by atoms with Crippen LogP contribution < -0.4 is 0 Å². The van der Waals surface area contributed by atoms with Gasteiger partial charge >= 0.3 is 5.97 Å². The molecule has 0 radical (unpaired) electrons. The van der Waals surface area contributed by atoms with Gasteiger partial charge in [-0.2, -0.15) is 0 Å². The van der Waals surface area contributed by atoms with Gasteiger partial charge < -0.3 is 5.11 Å². The molecular weight excluding hydrogens is 233 g/mol. The smallest absolute Gasteiger partial charge is 0.338 e. The molecule has 0 aromatic heterocycles. The normalized spacial score (nSPS) is 20.2. The van der Waals surface area contributed by atoms with Crippen LogP contribution >= 0.6 is 0 Å². The molecule has 1 aliphatic heterocycles. The lowest BCUT2D eigenvalue weighted by atomic mass is 10.1. The van der Waals surface area contributed by atoms with Crippen molar-refractivity contribution in [3.05, 3.63) is 35.1 Å². The topological polar surface area (TPSA) is 40.5 Å². The highest BCUT2D eigenvalue weighted by Crippen LogP contribution is 2.21. The Morgan fingerprint density at radius 3 is 2.89 bits per heavy atom. The lowest BCUT2D eigenvalue weighted by Gasteiger charge is -2.16. The first-order chi connectivity index (χ1) is 8.60. The molecule has 98 valence electrons. The summed E-state index contributed by atoms with van der Waals surface area (Å²) >= 11 is 0. The van der Waals surface area contributed by atoms with Gasteiger partial charge in [0.25, 0.3) is 0 Å². The number of carboxylic acids is 1. The predicted molar refractivity (Wildman–Crippen MR) is 67.0 cm³/mol. The predicted octanol–water partition coefficient (Wildman–Crippen LogP) is 2.76. The summed E-state index contributed by atoms with van der Waals surface area (Å²) in [5.41, 5.74) is 0.584. The van der Waals surface area contributed by atoms with E-state index in [0.717, 1.165) is 24.6 Å². The lowest BCUT2D eigenvalue weighted by molar-refractivity contribution is 0.0692. The van der Waals surface area contributed by atoms with Crippen molar-refractivity contribution >= 4 is 5.97 Å². The van der Waals surface area contributed by atoms with Crippen molar-refractivity contribution in [1.29, 1.82) is 0 Å². The summed E-state index contributed by atoms with van der Waals surface area (Å²) in [7, 11) is 0. The van der Waals surface area contributed by atoms with E-state index in [4.69, 9.17) is 5.11 Å². The second-order valence-electron chi connectivity index (χ2n) is 4.92. The number of aromatic carboxylic acids is 1. The summed E-state index contributed by atoms with van der Waals surface area (Å²) in [6, 6.07) is 4.38. The third-order valence-electron chi connectivity index (χ3n) is 3.62. The van der Waals surface area contributed by atoms with Crippen LogP contribution in [0.15, 0.2) is 18.2 Å². The minimum atomic E-state index is -1.22. The van der Waals surface area contributed by atoms with Crippen LogP contribution in [0, 0.1) is 11.7 Å². The van der Waals surface area contributed by atoms with Gasteiger partial charge in [-0.15, -0.1) is 0 Å². The van der Waals surface area contributed by atoms with E-state index in [1.54, 1.807) is 6.07 Å². The fourth-order valence-electron chi connectivity index (χ4n) is 2.48. The number of nitrogens with zero attached hydrogens (tertiary/aromatic N) is 1. The number of likely N-dealkylation sites (tertiary alicyclic amines) is 1. The summed E-state index contributed by atoms with van der Waals surface area (Å²) < 4.78 is 13.5. The standard InChI is InChI=1S/C14H18FNO2/c1-2-10-5-6-16(8-10)9-11-3-4-12(14(17)18)13(15)7-11/h3-4,7,10H,2,5-6,8-9H2,1H3,(H,17,18). The summed E-state index contributed by atoms with van der Waals surface area (Å²) in [4.78, 5) is 13.0. The van der Waals surface area contributed by atoms with Gasteiger partial charge in [0.15, 0.2) is 0 Å². The van der Waals surface area contributed by atoms with Crippen LogP contribution in [0.25, 0.3) is 0 Å². The first-order valence-electron chi connectivity index (χ1n) is 6.34. The number of carboxylic acid groups (broad SMARTS) is 1. The maximum atomic E-state index is 13.5. The van der Waals surface area contributed by atoms with E-state index in [2.05, 4.69) is 11.8 Å². The van der Waals surface area contributed by atoms with Crippen molar-refractivity contribution in [2.24, 2.45) is 5.92 Å². The van der Waals surface area contributed by atoms with Gasteiger partial charge in [-0.05, 0) is 36.6 Å². The third kappa shape index (κ3) is 2.88. The number of hydrogen-bond donors (Lipinski definition) is 1. The van der Waals surface area contributed by atoms with Crippen LogP contribution in [0.5, 0.6) is 0 Å². The number of benzene rings is 1. The summed E-state index contributed by atoms with van der Waals surface area (Å²) in [6.07, 6.45) is 2.38. The fourth-order valence-corrected chi connectivity index (χ4v) is 2.48. The van der Waals surface area contributed by atoms with Crippen molar-refractivity contribution < 1.29 is 14.3 Å². The molecule has 0 aliphatic carbocycles. The van der Waals surface area contributed by atoms with Crippen LogP contribution in [0.1, 0.15) is 35.7 Å². The Hall–Kier alpha value is -1.42. The van der Waals surface area contributed by atoms with Crippen LogP contribution in [0.2, 0.25) is 0 Å². The third-order valence-corrected chi connectivity index (χ3v) is 3.62. The molecule has 1 heterocycles. The van der Waals surface area contributed by atoms with Crippen molar-refractivity contribution in [3.63, 3.8) is 0 Å². The second kappa shape index (κ2) is 5.48. The molecule has 0 bridgehead atoms. The molecule has 0 amide bonds. The minimum Gasteiger partial charge on any atom is -0.478 e. The lowest BCUT2D eigenvalue weighted by Crippen LogP contribution is -2.20. The molecule has 0 saturated carbocycles. The Kier molecular flexibility index (Phi) is 3.97. The number of carbonyl (C=O) groups is 1. The molecule has 1 saturated heterocycles. The largest absolute Gasteiger partial charge is 0.478 e. The van der Waals surface area contributed by atoms with E-state index in [1.807, 2.05) is 0 Å². The Labute approximate surface area is 106 Å². The van der Waals surface area contributed by atoms with Crippen molar-refractivity contribution in [3.8, 4) is 0 Å². The van der Waals surface area contributed by atoms with Gasteiger partial charge in [0, 0.05) is 13.1 Å². The van der Waals surface area contributed by atoms with E-state index < -0.39 is 11.8 Å². The van der Waals surface area contributed by atoms with E-state index in [-0.39, 0.29) is 5.56 Å². The molecule has 2 rings (SSSR count). The van der Waals surface area contributed by atoms with E-state index in [1.165, 1.54) is 25.0 Å². The molecule has 1 aliphatic rings. The molecule has 1 atom stereocenters. The van der Waals surface area contributed by atoms with Gasteiger partial charge in [-0.25, -0.2) is 9.18 Å². The first-order valence-corrected chi connectivity index (χ1v) is 6.34. The van der Waals surface area contributed by atoms with Crippen LogP contribution in [0.3, 0.4) is 0 Å². The molecule has 1 unspecified atom stereocenters. The van der Waals surface area contributed by atoms with Crippen LogP contribution in [0.4, 0.5) is 4.39 Å². The molecule has 18 heavy (non-hydrogen) atoms. The average Bonchev–Trinajstić information content (AvgIpc) is 2.76. The molecule has 3 nitrogen and oxygen atoms in total. The minimum absolute atomic E-state index is 0.258. The summed E-state index contributed by atoms with van der Waals surface area (Å²) in [6.45, 7) is 4.99. The maximum absolute atomic E-state index is 13.5. The number of hydrogen-bond acceptors (Lipinski definition) is 2. The van der Waals surface area contributed by atoms with Gasteiger partial charge in [0.05, 0.1) is 5.56 Å². The SMILES string of the molecule is CCC1CCN(Cc2ccc(C(=O)O)c(F)c2)C1. The Balaban J connectivity index is 2.02. The zero-order valence-electron chi connectivity index (χ0n) is 10.5. The van der Waals surface area contributed by atoms with Gasteiger partial charge in [-0.3, -0.25) is 4.90 Å². The zero-order valence-corrected chi connectivity index (χ0v) is 10.5. The molecular formula is C14H18FNO2. The number of rotatable bonds is 4. The second-order valence-corrected chi connectivity index (χ2v) is 4.92. The average molecular weight is 251 g/mol. The zero-order chi connectivity index (χ0) is 13.1. The monoisotopic (exact) mass is 251 g/mol. The van der Waals surface area contributed by atoms with Gasteiger partial charge in [0.1, 0.15) is 5.82 Å². The Morgan fingerprint density at radius 1 is 1.56 bits per heavy atom. The van der Waals surface area contributed by atoms with Crippen molar-refractivity contribution in [2.45, 2.75) is 26.3 Å². The molecule has 0 spiro atoms. The van der Waals surface area contributed by atoms with E-state index >= 15 is 0 Å². The molecule has 1 N–H and O–H groups in total. The molecule has 1 aromatic rings.